The van der Waals surface area contributed by atoms with Gasteiger partial charge in [0.1, 0.15) is 0 Å². The number of nitrogens with zero attached hydrogens (tertiary/aromatic N) is 1. The lowest BCUT2D eigenvalue weighted by molar-refractivity contribution is -0.120. The Morgan fingerprint density at radius 1 is 1.47 bits per heavy atom. The summed E-state index contributed by atoms with van der Waals surface area (Å²) in [5, 5.41) is 11.4. The van der Waals surface area contributed by atoms with E-state index in [2.05, 4.69) is 10.3 Å². The SMILES string of the molecule is NCC1(C(=O)Nc2cncc(C(=O)O)c2)CC1. The van der Waals surface area contributed by atoms with E-state index in [1.807, 2.05) is 0 Å². The second kappa shape index (κ2) is 4.14. The number of carboxylic acids is 1. The molecular weight excluding hydrogens is 222 g/mol. The van der Waals surface area contributed by atoms with Crippen LogP contribution in [-0.4, -0.2) is 28.5 Å². The molecule has 1 amide bonds. The average molecular weight is 235 g/mol. The highest BCUT2D eigenvalue weighted by Gasteiger charge is 2.48. The lowest BCUT2D eigenvalue weighted by Gasteiger charge is -2.12. The molecule has 0 bridgehead atoms. The van der Waals surface area contributed by atoms with Gasteiger partial charge in [-0.05, 0) is 18.9 Å². The van der Waals surface area contributed by atoms with Crippen molar-refractivity contribution in [3.8, 4) is 0 Å². The van der Waals surface area contributed by atoms with Crippen LogP contribution >= 0.6 is 0 Å². The first-order chi connectivity index (χ1) is 8.07. The molecule has 2 rings (SSSR count). The van der Waals surface area contributed by atoms with Gasteiger partial charge < -0.3 is 16.2 Å². The van der Waals surface area contributed by atoms with Crippen LogP contribution in [-0.2, 0) is 4.79 Å². The largest absolute Gasteiger partial charge is 0.478 e. The molecule has 90 valence electrons. The average Bonchev–Trinajstić information content (AvgIpc) is 3.10. The van der Waals surface area contributed by atoms with Crippen molar-refractivity contribution >= 4 is 17.6 Å². The van der Waals surface area contributed by atoms with Crippen LogP contribution in [0.2, 0.25) is 0 Å². The first kappa shape index (κ1) is 11.5. The summed E-state index contributed by atoms with van der Waals surface area (Å²) in [6.45, 7) is 0.310. The number of nitrogens with one attached hydrogen (secondary N) is 1. The molecule has 1 aliphatic rings. The molecule has 0 spiro atoms. The Bertz CT molecular complexity index is 469. The third-order valence-corrected chi connectivity index (χ3v) is 2.97. The van der Waals surface area contributed by atoms with Crippen LogP contribution in [0, 0.1) is 5.41 Å². The highest BCUT2D eigenvalue weighted by atomic mass is 16.4. The van der Waals surface area contributed by atoms with E-state index in [4.69, 9.17) is 10.8 Å². The second-order valence-corrected chi connectivity index (χ2v) is 4.21. The van der Waals surface area contributed by atoms with E-state index in [1.165, 1.54) is 18.5 Å². The molecule has 0 aliphatic heterocycles. The van der Waals surface area contributed by atoms with Gasteiger partial charge in [-0.25, -0.2) is 4.79 Å². The quantitative estimate of drug-likeness (QED) is 0.703. The predicted molar refractivity (Wildman–Crippen MR) is 60.5 cm³/mol. The molecule has 6 heteroatoms. The molecule has 0 unspecified atom stereocenters. The summed E-state index contributed by atoms with van der Waals surface area (Å²) in [4.78, 5) is 26.3. The first-order valence-electron chi connectivity index (χ1n) is 5.27. The van der Waals surface area contributed by atoms with E-state index in [1.54, 1.807) is 0 Å². The van der Waals surface area contributed by atoms with Gasteiger partial charge in [-0.1, -0.05) is 0 Å². The van der Waals surface area contributed by atoms with Crippen molar-refractivity contribution in [3.05, 3.63) is 24.0 Å². The van der Waals surface area contributed by atoms with Gasteiger partial charge in [0.15, 0.2) is 0 Å². The molecule has 4 N–H and O–H groups in total. The molecule has 1 fully saturated rings. The minimum absolute atomic E-state index is 0.0420. The summed E-state index contributed by atoms with van der Waals surface area (Å²) < 4.78 is 0. The highest BCUT2D eigenvalue weighted by Crippen LogP contribution is 2.45. The van der Waals surface area contributed by atoms with Crippen LogP contribution in [0.4, 0.5) is 5.69 Å². The molecular formula is C11H13N3O3. The molecule has 0 saturated heterocycles. The molecule has 1 aromatic rings. The number of rotatable bonds is 4. The van der Waals surface area contributed by atoms with Gasteiger partial charge in [-0.3, -0.25) is 9.78 Å². The lowest BCUT2D eigenvalue weighted by Crippen LogP contribution is -2.30. The number of carboxylic acid groups (broad SMARTS) is 1. The van der Waals surface area contributed by atoms with E-state index in [0.717, 1.165) is 12.8 Å². The number of amides is 1. The third kappa shape index (κ3) is 2.26. The number of carbonyl (C=O) groups excluding carboxylic acids is 1. The van der Waals surface area contributed by atoms with Crippen LogP contribution in [0.1, 0.15) is 23.2 Å². The Morgan fingerprint density at radius 2 is 2.18 bits per heavy atom. The standard InChI is InChI=1S/C11H13N3O3/c12-6-11(1-2-11)10(17)14-8-3-7(9(15)16)4-13-5-8/h3-5H,1-2,6,12H2,(H,14,17)(H,15,16). The summed E-state index contributed by atoms with van der Waals surface area (Å²) in [5.41, 5.74) is 5.50. The fourth-order valence-corrected chi connectivity index (χ4v) is 1.56. The Hall–Kier alpha value is -1.95. The van der Waals surface area contributed by atoms with Crippen molar-refractivity contribution in [2.45, 2.75) is 12.8 Å². The molecule has 1 saturated carbocycles. The third-order valence-electron chi connectivity index (χ3n) is 2.97. The van der Waals surface area contributed by atoms with Gasteiger partial charge in [-0.15, -0.1) is 0 Å². The molecule has 0 atom stereocenters. The molecule has 0 radical (unpaired) electrons. The molecule has 6 nitrogen and oxygen atoms in total. The number of anilines is 1. The second-order valence-electron chi connectivity index (χ2n) is 4.21. The van der Waals surface area contributed by atoms with Crippen molar-refractivity contribution in [1.82, 2.24) is 4.98 Å². The van der Waals surface area contributed by atoms with Crippen LogP contribution in [0.5, 0.6) is 0 Å². The highest BCUT2D eigenvalue weighted by molar-refractivity contribution is 5.98. The topological polar surface area (TPSA) is 105 Å². The van der Waals surface area contributed by atoms with Crippen LogP contribution in [0.25, 0.3) is 0 Å². The smallest absolute Gasteiger partial charge is 0.337 e. The minimum atomic E-state index is -1.08. The van der Waals surface area contributed by atoms with Crippen LogP contribution in [0.15, 0.2) is 18.5 Å². The van der Waals surface area contributed by atoms with Crippen LogP contribution in [0.3, 0.4) is 0 Å². The van der Waals surface area contributed by atoms with E-state index in [9.17, 15) is 9.59 Å². The fourth-order valence-electron chi connectivity index (χ4n) is 1.56. The number of nitrogens with two attached hydrogens (primary N) is 1. The Kier molecular flexibility index (Phi) is 2.81. The van der Waals surface area contributed by atoms with E-state index >= 15 is 0 Å². The van der Waals surface area contributed by atoms with E-state index in [0.29, 0.717) is 12.2 Å². The molecule has 0 aromatic carbocycles. The van der Waals surface area contributed by atoms with Crippen molar-refractivity contribution in [2.75, 3.05) is 11.9 Å². The van der Waals surface area contributed by atoms with E-state index < -0.39 is 11.4 Å². The van der Waals surface area contributed by atoms with Crippen molar-refractivity contribution in [2.24, 2.45) is 11.1 Å². The minimum Gasteiger partial charge on any atom is -0.478 e. The zero-order valence-electron chi connectivity index (χ0n) is 9.14. The number of pyridine rings is 1. The van der Waals surface area contributed by atoms with Gasteiger partial charge in [0.25, 0.3) is 0 Å². The van der Waals surface area contributed by atoms with Crippen LogP contribution < -0.4 is 11.1 Å². The number of hydrogen-bond donors (Lipinski definition) is 3. The zero-order valence-corrected chi connectivity index (χ0v) is 9.14. The molecule has 17 heavy (non-hydrogen) atoms. The molecule has 1 aliphatic carbocycles. The van der Waals surface area contributed by atoms with Gasteiger partial charge in [0.05, 0.1) is 22.9 Å². The number of hydrogen-bond acceptors (Lipinski definition) is 4. The molecule has 1 aromatic heterocycles. The summed E-state index contributed by atoms with van der Waals surface area (Å²) >= 11 is 0. The van der Waals surface area contributed by atoms with Gasteiger partial charge in [0.2, 0.25) is 5.91 Å². The summed E-state index contributed by atoms with van der Waals surface area (Å²) in [5.74, 6) is -1.24. The predicted octanol–water partition coefficient (Wildman–Crippen LogP) is 0.457. The van der Waals surface area contributed by atoms with Crippen molar-refractivity contribution < 1.29 is 14.7 Å². The first-order valence-corrected chi connectivity index (χ1v) is 5.27. The van der Waals surface area contributed by atoms with Crippen molar-refractivity contribution in [3.63, 3.8) is 0 Å². The maximum atomic E-state index is 11.8. The maximum absolute atomic E-state index is 11.8. The summed E-state index contributed by atoms with van der Waals surface area (Å²) in [6.07, 6.45) is 4.20. The number of aromatic nitrogens is 1. The maximum Gasteiger partial charge on any atom is 0.337 e. The number of carbonyl (C=O) groups is 2. The zero-order chi connectivity index (χ0) is 12.5. The Labute approximate surface area is 97.8 Å². The molecule has 1 heterocycles. The summed E-state index contributed by atoms with van der Waals surface area (Å²) in [7, 11) is 0. The van der Waals surface area contributed by atoms with E-state index in [-0.39, 0.29) is 11.5 Å². The van der Waals surface area contributed by atoms with Gasteiger partial charge in [-0.2, -0.15) is 0 Å². The van der Waals surface area contributed by atoms with Gasteiger partial charge in [0, 0.05) is 12.7 Å². The van der Waals surface area contributed by atoms with Crippen molar-refractivity contribution in [1.29, 1.82) is 0 Å². The van der Waals surface area contributed by atoms with Gasteiger partial charge >= 0.3 is 5.97 Å². The Balaban J connectivity index is 2.11. The normalized spacial score (nSPS) is 16.3. The summed E-state index contributed by atoms with van der Waals surface area (Å²) in [6, 6.07) is 1.37. The fraction of sp³-hybridized carbons (Fsp3) is 0.364. The number of aromatic carboxylic acids is 1. The lowest BCUT2D eigenvalue weighted by atomic mass is 10.1. The Morgan fingerprint density at radius 3 is 2.71 bits per heavy atom. The monoisotopic (exact) mass is 235 g/mol.